The van der Waals surface area contributed by atoms with E-state index < -0.39 is 11.7 Å². The number of benzene rings is 1. The van der Waals surface area contributed by atoms with Crippen molar-refractivity contribution in [3.8, 4) is 0 Å². The van der Waals surface area contributed by atoms with Gasteiger partial charge in [0.2, 0.25) is 0 Å². The van der Waals surface area contributed by atoms with Crippen molar-refractivity contribution in [3.63, 3.8) is 0 Å². The molecule has 1 aromatic rings. The molecule has 0 fully saturated rings. The molecule has 0 bridgehead atoms. The summed E-state index contributed by atoms with van der Waals surface area (Å²) in [6, 6.07) is 2.32. The summed E-state index contributed by atoms with van der Waals surface area (Å²) in [5, 5.41) is 0. The fraction of sp³-hybridized carbons (Fsp3) is 0.333. The van der Waals surface area contributed by atoms with E-state index in [1.807, 2.05) is 0 Å². The van der Waals surface area contributed by atoms with Gasteiger partial charge in [0.1, 0.15) is 0 Å². The summed E-state index contributed by atoms with van der Waals surface area (Å²) in [5.41, 5.74) is 10.2. The van der Waals surface area contributed by atoms with Crippen LogP contribution in [0.3, 0.4) is 0 Å². The fourth-order valence-corrected chi connectivity index (χ4v) is 1.24. The highest BCUT2D eigenvalue weighted by atomic mass is 19.4. The summed E-state index contributed by atoms with van der Waals surface area (Å²) in [6.45, 7) is 1.80. The second-order valence-corrected chi connectivity index (χ2v) is 2.95. The lowest BCUT2D eigenvalue weighted by Gasteiger charge is -2.13. The molecule has 0 saturated carbocycles. The van der Waals surface area contributed by atoms with Gasteiger partial charge in [-0.2, -0.15) is 13.2 Å². The van der Waals surface area contributed by atoms with E-state index in [1.165, 1.54) is 6.07 Å². The zero-order valence-corrected chi connectivity index (χ0v) is 7.65. The number of halogens is 3. The molecule has 0 spiro atoms. The molecule has 4 N–H and O–H groups in total. The lowest BCUT2D eigenvalue weighted by atomic mass is 10.0. The molecule has 0 saturated heterocycles. The highest BCUT2D eigenvalue weighted by Crippen LogP contribution is 2.37. The first-order valence-electron chi connectivity index (χ1n) is 4.12. The lowest BCUT2D eigenvalue weighted by molar-refractivity contribution is -0.136. The average Bonchev–Trinajstić information content (AvgIpc) is 2.07. The minimum atomic E-state index is -4.44. The maximum atomic E-state index is 12.3. The SMILES string of the molecule is CCc1ccc(C(F)(F)F)c(N)c1N. The maximum Gasteiger partial charge on any atom is 0.418 e. The van der Waals surface area contributed by atoms with E-state index in [1.54, 1.807) is 6.92 Å². The largest absolute Gasteiger partial charge is 0.418 e. The van der Waals surface area contributed by atoms with Gasteiger partial charge in [-0.1, -0.05) is 13.0 Å². The van der Waals surface area contributed by atoms with Crippen molar-refractivity contribution in [2.24, 2.45) is 0 Å². The molecule has 14 heavy (non-hydrogen) atoms. The van der Waals surface area contributed by atoms with Crippen LogP contribution < -0.4 is 11.5 Å². The van der Waals surface area contributed by atoms with E-state index >= 15 is 0 Å². The number of aryl methyl sites for hydroxylation is 1. The molecule has 0 aliphatic rings. The number of nitrogens with two attached hydrogens (primary N) is 2. The molecule has 0 radical (unpaired) electrons. The van der Waals surface area contributed by atoms with Crippen molar-refractivity contribution >= 4 is 11.4 Å². The van der Waals surface area contributed by atoms with Gasteiger partial charge in [-0.15, -0.1) is 0 Å². The molecule has 1 aromatic carbocycles. The molecule has 2 nitrogen and oxygen atoms in total. The van der Waals surface area contributed by atoms with Gasteiger partial charge in [0.15, 0.2) is 0 Å². The van der Waals surface area contributed by atoms with E-state index in [2.05, 4.69) is 0 Å². The van der Waals surface area contributed by atoms with Gasteiger partial charge in [0.05, 0.1) is 16.9 Å². The third-order valence-electron chi connectivity index (χ3n) is 2.06. The summed E-state index contributed by atoms with van der Waals surface area (Å²) in [6.07, 6.45) is -3.88. The predicted octanol–water partition coefficient (Wildman–Crippen LogP) is 2.43. The second kappa shape index (κ2) is 3.40. The minimum Gasteiger partial charge on any atom is -0.397 e. The quantitative estimate of drug-likeness (QED) is 0.690. The minimum absolute atomic E-state index is 0.0299. The highest BCUT2D eigenvalue weighted by Gasteiger charge is 2.33. The van der Waals surface area contributed by atoms with Crippen LogP contribution in [-0.4, -0.2) is 0 Å². The Morgan fingerprint density at radius 1 is 1.14 bits per heavy atom. The van der Waals surface area contributed by atoms with Gasteiger partial charge >= 0.3 is 6.18 Å². The van der Waals surface area contributed by atoms with Crippen LogP contribution in [0.4, 0.5) is 24.5 Å². The first-order chi connectivity index (χ1) is 6.38. The molecule has 1 rings (SSSR count). The normalized spacial score (nSPS) is 11.7. The summed E-state index contributed by atoms with van der Waals surface area (Å²) < 4.78 is 37.0. The third-order valence-corrected chi connectivity index (χ3v) is 2.06. The van der Waals surface area contributed by atoms with Crippen LogP contribution in [0.2, 0.25) is 0 Å². The molecule has 0 aromatic heterocycles. The van der Waals surface area contributed by atoms with Crippen molar-refractivity contribution in [1.82, 2.24) is 0 Å². The summed E-state index contributed by atoms with van der Waals surface area (Å²) in [7, 11) is 0. The number of hydrogen-bond acceptors (Lipinski definition) is 2. The monoisotopic (exact) mass is 204 g/mol. The van der Waals surface area contributed by atoms with Crippen molar-refractivity contribution in [3.05, 3.63) is 23.3 Å². The van der Waals surface area contributed by atoms with Crippen molar-refractivity contribution < 1.29 is 13.2 Å². The first kappa shape index (κ1) is 10.7. The first-order valence-corrected chi connectivity index (χ1v) is 4.12. The molecule has 5 heteroatoms. The van der Waals surface area contributed by atoms with E-state index in [0.29, 0.717) is 12.0 Å². The lowest BCUT2D eigenvalue weighted by Crippen LogP contribution is -2.11. The number of anilines is 2. The van der Waals surface area contributed by atoms with E-state index in [4.69, 9.17) is 11.5 Å². The standard InChI is InChI=1S/C9H11F3N2/c1-2-5-3-4-6(9(10,11)12)8(14)7(5)13/h3-4H,2,13-14H2,1H3. The molecule has 0 atom stereocenters. The molecule has 78 valence electrons. The Hall–Kier alpha value is -1.39. The van der Waals surface area contributed by atoms with Crippen LogP contribution in [0.25, 0.3) is 0 Å². The smallest absolute Gasteiger partial charge is 0.397 e. The Bertz CT molecular complexity index is 345. The summed E-state index contributed by atoms with van der Waals surface area (Å²) >= 11 is 0. The Morgan fingerprint density at radius 3 is 2.14 bits per heavy atom. The van der Waals surface area contributed by atoms with E-state index in [-0.39, 0.29) is 11.4 Å². The van der Waals surface area contributed by atoms with Crippen molar-refractivity contribution in [1.29, 1.82) is 0 Å². The Kier molecular flexibility index (Phi) is 2.59. The van der Waals surface area contributed by atoms with Gasteiger partial charge in [-0.3, -0.25) is 0 Å². The zero-order valence-electron chi connectivity index (χ0n) is 7.65. The second-order valence-electron chi connectivity index (χ2n) is 2.95. The van der Waals surface area contributed by atoms with E-state index in [9.17, 15) is 13.2 Å². The average molecular weight is 204 g/mol. The topological polar surface area (TPSA) is 52.0 Å². The zero-order chi connectivity index (χ0) is 10.9. The number of rotatable bonds is 1. The van der Waals surface area contributed by atoms with Crippen LogP contribution in [0.15, 0.2) is 12.1 Å². The Morgan fingerprint density at radius 2 is 1.71 bits per heavy atom. The maximum absolute atomic E-state index is 12.3. The van der Waals surface area contributed by atoms with Gasteiger partial charge in [0.25, 0.3) is 0 Å². The molecule has 0 aliphatic heterocycles. The third kappa shape index (κ3) is 1.76. The van der Waals surface area contributed by atoms with Gasteiger partial charge in [-0.25, -0.2) is 0 Å². The highest BCUT2D eigenvalue weighted by molar-refractivity contribution is 5.71. The number of alkyl halides is 3. The van der Waals surface area contributed by atoms with Gasteiger partial charge in [0, 0.05) is 0 Å². The molecule has 0 amide bonds. The Labute approximate surface area is 79.7 Å². The number of hydrogen-bond donors (Lipinski definition) is 2. The molecule has 0 unspecified atom stereocenters. The van der Waals surface area contributed by atoms with Crippen LogP contribution >= 0.6 is 0 Å². The van der Waals surface area contributed by atoms with Gasteiger partial charge < -0.3 is 11.5 Å². The number of nitrogen functional groups attached to an aromatic ring is 2. The fourth-order valence-electron chi connectivity index (χ4n) is 1.24. The molecule has 0 aliphatic carbocycles. The van der Waals surface area contributed by atoms with Crippen LogP contribution in [0.5, 0.6) is 0 Å². The summed E-state index contributed by atoms with van der Waals surface area (Å²) in [5.74, 6) is 0. The van der Waals surface area contributed by atoms with Gasteiger partial charge in [-0.05, 0) is 18.1 Å². The van der Waals surface area contributed by atoms with Crippen LogP contribution in [-0.2, 0) is 12.6 Å². The molecule has 0 heterocycles. The van der Waals surface area contributed by atoms with Crippen molar-refractivity contribution in [2.75, 3.05) is 11.5 Å². The molecular formula is C9H11F3N2. The van der Waals surface area contributed by atoms with Crippen molar-refractivity contribution in [2.45, 2.75) is 19.5 Å². The molecular weight excluding hydrogens is 193 g/mol. The Balaban J connectivity index is 3.31. The predicted molar refractivity (Wildman–Crippen MR) is 49.6 cm³/mol. The summed E-state index contributed by atoms with van der Waals surface area (Å²) in [4.78, 5) is 0. The van der Waals surface area contributed by atoms with Crippen LogP contribution in [0.1, 0.15) is 18.1 Å². The van der Waals surface area contributed by atoms with Crippen LogP contribution in [0, 0.1) is 0 Å². The van der Waals surface area contributed by atoms with E-state index in [0.717, 1.165) is 6.07 Å².